The van der Waals surface area contributed by atoms with Gasteiger partial charge in [0.1, 0.15) is 0 Å². The van der Waals surface area contributed by atoms with Crippen molar-refractivity contribution in [1.82, 2.24) is 19.9 Å². The summed E-state index contributed by atoms with van der Waals surface area (Å²) in [7, 11) is -18.2. The molecule has 8 bridgehead atoms. The normalized spacial score (nSPS) is 12.9. The van der Waals surface area contributed by atoms with Gasteiger partial charge in [0.2, 0.25) is 0 Å². The Morgan fingerprint density at radius 3 is 0.662 bits per heavy atom. The molecule has 9 rings (SSSR count). The maximum atomic E-state index is 12.0. The van der Waals surface area contributed by atoms with Crippen LogP contribution in [-0.4, -0.2) is 61.9 Å². The first-order valence-electron chi connectivity index (χ1n) is 18.6. The Balaban J connectivity index is 0.00000576. The van der Waals surface area contributed by atoms with Gasteiger partial charge >= 0.3 is 39.9 Å². The number of hydrogen-bond donors (Lipinski definition) is 4. The number of hydrogen-bond acceptors (Lipinski definition) is 10. The molecule has 4 aromatic carbocycles. The van der Waals surface area contributed by atoms with Crippen molar-refractivity contribution < 1.29 is 91.8 Å². The van der Waals surface area contributed by atoms with Crippen LogP contribution in [0.25, 0.3) is 90.9 Å². The van der Waals surface area contributed by atoms with Gasteiger partial charge < -0.3 is 9.97 Å². The fourth-order valence-corrected chi connectivity index (χ4v) is 9.36. The summed E-state index contributed by atoms with van der Waals surface area (Å²) >= 11 is 0. The van der Waals surface area contributed by atoms with Crippen molar-refractivity contribution in [2.24, 2.45) is 0 Å². The van der Waals surface area contributed by atoms with Crippen molar-refractivity contribution in [3.63, 3.8) is 0 Å². The minimum absolute atomic E-state index is 0. The Bertz CT molecular complexity index is 3300. The zero-order chi connectivity index (χ0) is 45.3. The number of rotatable bonds is 8. The Kier molecular flexibility index (Phi) is 12.0. The second-order valence-electron chi connectivity index (χ2n) is 14.4. The zero-order valence-electron chi connectivity index (χ0n) is 32.7. The van der Waals surface area contributed by atoms with Gasteiger partial charge in [-0.3, -0.25) is 18.2 Å². The molecule has 2 aliphatic heterocycles. The second kappa shape index (κ2) is 17.0. The maximum absolute atomic E-state index is 12.0. The molecule has 7 aromatic rings. The summed E-state index contributed by atoms with van der Waals surface area (Å²) in [5, 5.41) is 0. The number of aromatic nitrogens is 4. The first-order chi connectivity index (χ1) is 30.2. The van der Waals surface area contributed by atoms with Crippen molar-refractivity contribution in [3.05, 3.63) is 144 Å². The third kappa shape index (κ3) is 9.18. The summed E-state index contributed by atoms with van der Waals surface area (Å²) in [5.74, 6) is 0. The van der Waals surface area contributed by atoms with Gasteiger partial charge in [-0.2, -0.15) is 33.7 Å². The van der Waals surface area contributed by atoms with Gasteiger partial charge in [0.05, 0.1) is 42.4 Å². The van der Waals surface area contributed by atoms with E-state index in [2.05, 4.69) is 0 Å². The van der Waals surface area contributed by atoms with Gasteiger partial charge in [0.15, 0.2) is 0 Å². The first kappa shape index (κ1) is 46.0. The van der Waals surface area contributed by atoms with E-state index in [1.54, 1.807) is 48.6 Å². The summed E-state index contributed by atoms with van der Waals surface area (Å²) in [4.78, 5) is 18.7. The van der Waals surface area contributed by atoms with Crippen LogP contribution in [0, 0.1) is 39.9 Å². The molecule has 0 atom stereocenters. The van der Waals surface area contributed by atoms with Crippen LogP contribution < -0.4 is 9.97 Å². The van der Waals surface area contributed by atoms with E-state index in [0.29, 0.717) is 89.4 Å². The molecule has 3 aromatic heterocycles. The molecule has 21 heteroatoms. The predicted octanol–water partition coefficient (Wildman–Crippen LogP) is 7.57. The van der Waals surface area contributed by atoms with Crippen LogP contribution in [0.1, 0.15) is 22.8 Å². The van der Waals surface area contributed by atoms with E-state index in [1.165, 1.54) is 97.1 Å². The van der Waals surface area contributed by atoms with Crippen LogP contribution in [-0.2, 0) is 40.5 Å². The monoisotopic (exact) mass is 1090 g/mol. The third-order valence-electron chi connectivity index (χ3n) is 10.4. The topological polar surface area (TPSA) is 271 Å². The van der Waals surface area contributed by atoms with Crippen LogP contribution in [0.5, 0.6) is 0 Å². The summed E-state index contributed by atoms with van der Waals surface area (Å²) in [6.45, 7) is 0. The molecule has 0 aliphatic carbocycles. The first-order valence-corrected chi connectivity index (χ1v) is 24.4. The van der Waals surface area contributed by atoms with Crippen molar-refractivity contribution >= 4 is 86.8 Å². The molecule has 327 valence electrons. The van der Waals surface area contributed by atoms with Crippen molar-refractivity contribution in [2.75, 3.05) is 0 Å². The fraction of sp³-hybridized carbons (Fsp3) is 0. The van der Waals surface area contributed by atoms with E-state index in [4.69, 9.17) is 19.9 Å². The summed E-state index contributed by atoms with van der Waals surface area (Å²) in [6.07, 6.45) is 6.79. The van der Waals surface area contributed by atoms with E-state index >= 15 is 0 Å². The summed E-state index contributed by atoms with van der Waals surface area (Å²) in [6, 6.07) is 28.4. The van der Waals surface area contributed by atoms with Crippen LogP contribution in [0.4, 0.5) is 0 Å². The number of benzene rings is 4. The van der Waals surface area contributed by atoms with E-state index in [9.17, 15) is 51.9 Å². The molecule has 2 aliphatic rings. The number of fused-ring (bicyclic) bond motifs is 8. The quantitative estimate of drug-likeness (QED) is 0.107. The average Bonchev–Trinajstić information content (AvgIpc) is 4.08. The molecule has 0 saturated heterocycles. The maximum Gasteiger partial charge on any atom is 3.00 e. The molecule has 65 heavy (non-hydrogen) atoms. The van der Waals surface area contributed by atoms with Gasteiger partial charge in [-0.25, -0.2) is 9.97 Å². The molecule has 16 nitrogen and oxygen atoms in total. The SMILES string of the molecule is O=S(=O)(O)c1ccc(-c2c3nc(c(-c4ccc(S(=O)(=O)O)cc4)c4ccc([n-]4)c(-c4ccc(S(=O)(=O)O)cc4)c4nc(c(-c5ccc(S(=O)(=O)O)cc5)c5ccc2[n-]5)C=C4)C=C3)cc1.[Gd+3]. The van der Waals surface area contributed by atoms with Crippen LogP contribution in [0.15, 0.2) is 141 Å². The Hall–Kier alpha value is -5.56. The van der Waals surface area contributed by atoms with Crippen LogP contribution in [0.2, 0.25) is 0 Å². The Morgan fingerprint density at radius 2 is 0.492 bits per heavy atom. The minimum atomic E-state index is -4.56. The van der Waals surface area contributed by atoms with Crippen LogP contribution >= 0.6 is 0 Å². The summed E-state index contributed by atoms with van der Waals surface area (Å²) < 4.78 is 135. The molecule has 0 saturated carbocycles. The smallest absolute Gasteiger partial charge is 0.657 e. The number of nitrogens with zero attached hydrogens (tertiary/aromatic N) is 4. The largest absolute Gasteiger partial charge is 3.00 e. The molecule has 0 unspecified atom stereocenters. The van der Waals surface area contributed by atoms with Crippen molar-refractivity contribution in [1.29, 1.82) is 0 Å². The summed E-state index contributed by atoms with van der Waals surface area (Å²) in [5.41, 5.74) is 6.28. The van der Waals surface area contributed by atoms with E-state index in [1.807, 2.05) is 0 Å². The van der Waals surface area contributed by atoms with Gasteiger partial charge in [-0.1, -0.05) is 72.8 Å². The Labute approximate surface area is 403 Å². The van der Waals surface area contributed by atoms with Crippen molar-refractivity contribution in [3.8, 4) is 44.5 Å². The van der Waals surface area contributed by atoms with Gasteiger partial charge in [-0.15, -0.1) is 22.1 Å². The third-order valence-corrected chi connectivity index (χ3v) is 13.8. The van der Waals surface area contributed by atoms with E-state index in [-0.39, 0.29) is 59.5 Å². The molecule has 1 radical (unpaired) electrons. The van der Waals surface area contributed by atoms with Gasteiger partial charge in [0, 0.05) is 0 Å². The van der Waals surface area contributed by atoms with Crippen molar-refractivity contribution in [2.45, 2.75) is 19.6 Å². The molecule has 0 spiro atoms. The standard InChI is InChI=1S/C44H28N4O12S4.Gd/c49-61(50,51)29-9-1-25(2-10-29)41-33-17-19-35(45-33)42(26-3-11-30(12-4-26)62(52,53)54)37-21-23-39(47-37)44(28-7-15-32(16-8-28)64(58,59)60)40-24-22-38(48-40)43(36-20-18-34(41)46-36)27-5-13-31(14-6-27)63(55,56)57;/h1-24H,(H,49,50,51)(H,52,53,54)(H,55,56,57)(H,58,59,60);/q-2;+3. The molecule has 0 fully saturated rings. The Morgan fingerprint density at radius 1 is 0.308 bits per heavy atom. The average molecular weight is 1090 g/mol. The second-order valence-corrected chi connectivity index (χ2v) is 20.0. The predicted molar refractivity (Wildman–Crippen MR) is 238 cm³/mol. The molecular formula is C44H28GdN4O12S4+. The fourth-order valence-electron chi connectivity index (χ4n) is 7.44. The van der Waals surface area contributed by atoms with Crippen LogP contribution in [0.3, 0.4) is 0 Å². The van der Waals surface area contributed by atoms with Gasteiger partial charge in [-0.05, 0) is 117 Å². The molecule has 5 heterocycles. The van der Waals surface area contributed by atoms with E-state index < -0.39 is 40.5 Å². The molecule has 0 amide bonds. The molecule has 4 N–H and O–H groups in total. The minimum Gasteiger partial charge on any atom is -0.657 e. The van der Waals surface area contributed by atoms with Gasteiger partial charge in [0.25, 0.3) is 40.5 Å². The zero-order valence-corrected chi connectivity index (χ0v) is 38.2. The van der Waals surface area contributed by atoms with E-state index in [0.717, 1.165) is 0 Å². The molecular weight excluding hydrogens is 1060 g/mol.